The Morgan fingerprint density at radius 2 is 1.67 bits per heavy atom. The van der Waals surface area contributed by atoms with Gasteiger partial charge in [-0.25, -0.2) is 4.99 Å². The number of fused-ring (bicyclic) bond motifs is 1. The van der Waals surface area contributed by atoms with Crippen LogP contribution in [0.15, 0.2) is 71.7 Å². The molecule has 0 radical (unpaired) electrons. The molecule has 4 aromatic rings. The molecule has 0 saturated carbocycles. The fraction of sp³-hybridized carbons (Fsp3) is 0. The van der Waals surface area contributed by atoms with Crippen molar-refractivity contribution in [2.45, 2.75) is 0 Å². The molecule has 2 aromatic carbocycles. The fourth-order valence-corrected chi connectivity index (χ4v) is 2.43. The molecular weight excluding hydrogens is 322 g/mol. The summed E-state index contributed by atoms with van der Waals surface area (Å²) in [5.41, 5.74) is 3.44. The molecule has 0 aliphatic rings. The van der Waals surface area contributed by atoms with E-state index in [0.29, 0.717) is 16.6 Å². The first-order valence-electron chi connectivity index (χ1n) is 7.37. The van der Waals surface area contributed by atoms with E-state index < -0.39 is 0 Å². The van der Waals surface area contributed by atoms with E-state index in [1.54, 1.807) is 10.7 Å². The molecule has 116 valence electrons. The second-order valence-electron chi connectivity index (χ2n) is 5.16. The van der Waals surface area contributed by atoms with Crippen LogP contribution in [0.5, 0.6) is 0 Å². The Balaban J connectivity index is 1.72. The van der Waals surface area contributed by atoms with Crippen LogP contribution in [0.1, 0.15) is 5.56 Å². The summed E-state index contributed by atoms with van der Waals surface area (Å²) in [7, 11) is 0. The first-order valence-corrected chi connectivity index (χ1v) is 7.75. The largest absolute Gasteiger partial charge is 0.272 e. The zero-order chi connectivity index (χ0) is 16.4. The number of halogens is 1. The summed E-state index contributed by atoms with van der Waals surface area (Å²) in [6.45, 7) is 0. The second-order valence-corrected chi connectivity index (χ2v) is 5.60. The van der Waals surface area contributed by atoms with Gasteiger partial charge in [0.05, 0.1) is 5.69 Å². The van der Waals surface area contributed by atoms with Crippen molar-refractivity contribution in [1.82, 2.24) is 19.8 Å². The molecule has 5 nitrogen and oxygen atoms in total. The minimum Gasteiger partial charge on any atom is -0.218 e. The topological polar surface area (TPSA) is 55.4 Å². The molecule has 4 rings (SSSR count). The van der Waals surface area contributed by atoms with Gasteiger partial charge >= 0.3 is 0 Å². The number of rotatable bonds is 3. The molecule has 0 aliphatic heterocycles. The lowest BCUT2D eigenvalue weighted by Gasteiger charge is -2.01. The molecule has 0 saturated heterocycles. The van der Waals surface area contributed by atoms with E-state index in [9.17, 15) is 0 Å². The minimum atomic E-state index is 0.428. The fourth-order valence-electron chi connectivity index (χ4n) is 2.30. The smallest absolute Gasteiger partial charge is 0.218 e. The Bertz CT molecular complexity index is 1010. The molecule has 0 atom stereocenters. The molecule has 0 N–H and O–H groups in total. The standard InChI is InChI=1S/C18H12ClN5/c19-15-8-6-13(7-9-15)12-20-18-22-21-17-11-10-16(23-24(17)18)14-4-2-1-3-5-14/h1-12H. The first-order chi connectivity index (χ1) is 11.8. The molecule has 2 heterocycles. The van der Waals surface area contributed by atoms with E-state index in [2.05, 4.69) is 20.3 Å². The van der Waals surface area contributed by atoms with Gasteiger partial charge in [-0.05, 0) is 29.8 Å². The third-order valence-corrected chi connectivity index (χ3v) is 3.77. The lowest BCUT2D eigenvalue weighted by atomic mass is 10.1. The van der Waals surface area contributed by atoms with Gasteiger partial charge in [0.25, 0.3) is 5.95 Å². The van der Waals surface area contributed by atoms with Gasteiger partial charge in [0.1, 0.15) is 0 Å². The van der Waals surface area contributed by atoms with Crippen molar-refractivity contribution in [2.75, 3.05) is 0 Å². The molecule has 0 fully saturated rings. The maximum atomic E-state index is 5.88. The molecule has 0 aliphatic carbocycles. The van der Waals surface area contributed by atoms with Gasteiger partial charge in [-0.2, -0.15) is 9.61 Å². The van der Waals surface area contributed by atoms with E-state index in [0.717, 1.165) is 16.8 Å². The average molecular weight is 334 g/mol. The quantitative estimate of drug-likeness (QED) is 0.528. The number of hydrogen-bond donors (Lipinski definition) is 0. The molecule has 2 aromatic heterocycles. The van der Waals surface area contributed by atoms with Crippen LogP contribution in [0.25, 0.3) is 16.9 Å². The van der Waals surface area contributed by atoms with Crippen LogP contribution in [0.4, 0.5) is 5.95 Å². The molecular formula is C18H12ClN5. The van der Waals surface area contributed by atoms with Crippen LogP contribution in [0.2, 0.25) is 5.02 Å². The predicted octanol–water partition coefficient (Wildman–Crippen LogP) is 4.20. The zero-order valence-corrected chi connectivity index (χ0v) is 13.3. The zero-order valence-electron chi connectivity index (χ0n) is 12.5. The Hall–Kier alpha value is -3.05. The molecule has 6 heteroatoms. The van der Waals surface area contributed by atoms with E-state index in [1.165, 1.54) is 0 Å². The Kier molecular flexibility index (Phi) is 3.76. The number of nitrogens with zero attached hydrogens (tertiary/aromatic N) is 5. The van der Waals surface area contributed by atoms with Gasteiger partial charge in [-0.15, -0.1) is 10.2 Å². The predicted molar refractivity (Wildman–Crippen MR) is 94.9 cm³/mol. The highest BCUT2D eigenvalue weighted by atomic mass is 35.5. The number of benzene rings is 2. The monoisotopic (exact) mass is 333 g/mol. The highest BCUT2D eigenvalue weighted by Gasteiger charge is 2.07. The molecule has 0 unspecified atom stereocenters. The van der Waals surface area contributed by atoms with Crippen LogP contribution in [0.3, 0.4) is 0 Å². The second kappa shape index (κ2) is 6.22. The van der Waals surface area contributed by atoms with E-state index in [1.807, 2.05) is 66.7 Å². The van der Waals surface area contributed by atoms with E-state index >= 15 is 0 Å². The Labute approximate surface area is 143 Å². The summed E-state index contributed by atoms with van der Waals surface area (Å²) in [5, 5.41) is 13.5. The summed E-state index contributed by atoms with van der Waals surface area (Å²) >= 11 is 5.88. The molecule has 0 amide bonds. The van der Waals surface area contributed by atoms with Gasteiger partial charge in [0.15, 0.2) is 5.65 Å². The van der Waals surface area contributed by atoms with Crippen LogP contribution in [-0.4, -0.2) is 26.0 Å². The molecule has 0 bridgehead atoms. The van der Waals surface area contributed by atoms with Gasteiger partial charge in [0.2, 0.25) is 0 Å². The number of hydrogen-bond acceptors (Lipinski definition) is 4. The van der Waals surface area contributed by atoms with Crippen molar-refractivity contribution < 1.29 is 0 Å². The number of aromatic nitrogens is 4. The maximum absolute atomic E-state index is 5.88. The lowest BCUT2D eigenvalue weighted by molar-refractivity contribution is 0.931. The minimum absolute atomic E-state index is 0.428. The van der Waals surface area contributed by atoms with Gasteiger partial charge in [0, 0.05) is 16.8 Å². The summed E-state index contributed by atoms with van der Waals surface area (Å²) in [4.78, 5) is 4.39. The van der Waals surface area contributed by atoms with Gasteiger partial charge in [-0.1, -0.05) is 54.1 Å². The SMILES string of the molecule is Clc1ccc(C=Nc2nnc3ccc(-c4ccccc4)nn23)cc1. The molecule has 24 heavy (non-hydrogen) atoms. The highest BCUT2D eigenvalue weighted by Crippen LogP contribution is 2.18. The van der Waals surface area contributed by atoms with Crippen molar-refractivity contribution in [1.29, 1.82) is 0 Å². The van der Waals surface area contributed by atoms with Crippen molar-refractivity contribution in [3.8, 4) is 11.3 Å². The summed E-state index contributed by atoms with van der Waals surface area (Å²) in [5.74, 6) is 0.428. The lowest BCUT2D eigenvalue weighted by Crippen LogP contribution is -1.94. The normalized spacial score (nSPS) is 11.4. The van der Waals surface area contributed by atoms with Crippen LogP contribution < -0.4 is 0 Å². The van der Waals surface area contributed by atoms with Gasteiger partial charge in [-0.3, -0.25) is 0 Å². The van der Waals surface area contributed by atoms with Crippen LogP contribution in [-0.2, 0) is 0 Å². The third kappa shape index (κ3) is 2.89. The summed E-state index contributed by atoms with van der Waals surface area (Å²) in [6.07, 6.45) is 1.71. The van der Waals surface area contributed by atoms with E-state index in [-0.39, 0.29) is 0 Å². The van der Waals surface area contributed by atoms with Crippen LogP contribution >= 0.6 is 11.6 Å². The average Bonchev–Trinajstić information content (AvgIpc) is 3.04. The van der Waals surface area contributed by atoms with E-state index in [4.69, 9.17) is 11.6 Å². The molecule has 0 spiro atoms. The van der Waals surface area contributed by atoms with Crippen molar-refractivity contribution in [2.24, 2.45) is 4.99 Å². The summed E-state index contributed by atoms with van der Waals surface area (Å²) < 4.78 is 1.63. The van der Waals surface area contributed by atoms with Crippen molar-refractivity contribution >= 4 is 29.4 Å². The Morgan fingerprint density at radius 1 is 0.875 bits per heavy atom. The van der Waals surface area contributed by atoms with Crippen molar-refractivity contribution in [3.63, 3.8) is 0 Å². The highest BCUT2D eigenvalue weighted by molar-refractivity contribution is 6.30. The van der Waals surface area contributed by atoms with Gasteiger partial charge < -0.3 is 0 Å². The Morgan fingerprint density at radius 3 is 2.46 bits per heavy atom. The first kappa shape index (κ1) is 14.5. The summed E-state index contributed by atoms with van der Waals surface area (Å²) in [6, 6.07) is 21.2. The third-order valence-electron chi connectivity index (χ3n) is 3.52. The van der Waals surface area contributed by atoms with Crippen LogP contribution in [0, 0.1) is 0 Å². The van der Waals surface area contributed by atoms with Crippen molar-refractivity contribution in [3.05, 3.63) is 77.3 Å². The maximum Gasteiger partial charge on any atom is 0.272 e. The number of aliphatic imine (C=N–C) groups is 1.